The quantitative estimate of drug-likeness (QED) is 0.222. The summed E-state index contributed by atoms with van der Waals surface area (Å²) in [5.74, 6) is -6.57. The number of hydrogen-bond donors (Lipinski definition) is 1. The van der Waals surface area contributed by atoms with Gasteiger partial charge in [0, 0.05) is 5.56 Å². The number of benzene rings is 2. The van der Waals surface area contributed by atoms with Crippen LogP contribution in [0.5, 0.6) is 0 Å². The fraction of sp³-hybridized carbons (Fsp3) is 0.375. The van der Waals surface area contributed by atoms with Crippen LogP contribution in [0.1, 0.15) is 66.8 Å². The van der Waals surface area contributed by atoms with Crippen LogP contribution in [-0.2, 0) is 0 Å². The Morgan fingerprint density at radius 3 is 2.23 bits per heavy atom. The van der Waals surface area contributed by atoms with Crippen LogP contribution in [0, 0.1) is 29.2 Å². The molecule has 0 aliphatic heterocycles. The van der Waals surface area contributed by atoms with Gasteiger partial charge >= 0.3 is 5.97 Å². The van der Waals surface area contributed by atoms with E-state index in [4.69, 9.17) is 0 Å². The van der Waals surface area contributed by atoms with E-state index in [1.165, 1.54) is 12.1 Å². The second kappa shape index (κ2) is 9.45. The van der Waals surface area contributed by atoms with Crippen molar-refractivity contribution in [3.8, 4) is 11.1 Å². The second-order valence-electron chi connectivity index (χ2n) is 7.89. The first-order valence-electron chi connectivity index (χ1n) is 10.1. The number of hydrogen-bond acceptors (Lipinski definition) is 1. The standard InChI is InChI=1S/C24H24F4O2/c1-2-3-4-5-14-6-8-15(9-7-14)17-10-11-18(24(29)30)22(27)21(17)16-12-19(25)23(28)20(26)13-16/h2,10-15H,1,3-9H2,(H,29,30). The average molecular weight is 420 g/mol. The summed E-state index contributed by atoms with van der Waals surface area (Å²) < 4.78 is 56.2. The number of carboxylic acids is 1. The van der Waals surface area contributed by atoms with Crippen molar-refractivity contribution in [3.05, 3.63) is 71.3 Å². The van der Waals surface area contributed by atoms with Gasteiger partial charge in [0.05, 0.1) is 5.56 Å². The van der Waals surface area contributed by atoms with E-state index in [9.17, 15) is 23.1 Å². The first kappa shape index (κ1) is 22.1. The van der Waals surface area contributed by atoms with Crippen molar-refractivity contribution in [3.63, 3.8) is 0 Å². The summed E-state index contributed by atoms with van der Waals surface area (Å²) >= 11 is 0. The van der Waals surface area contributed by atoms with Crippen molar-refractivity contribution in [2.75, 3.05) is 0 Å². The first-order valence-corrected chi connectivity index (χ1v) is 10.1. The van der Waals surface area contributed by atoms with Crippen molar-refractivity contribution in [2.45, 2.75) is 50.9 Å². The monoisotopic (exact) mass is 420 g/mol. The lowest BCUT2D eigenvalue weighted by molar-refractivity contribution is 0.0692. The molecule has 1 N–H and O–H groups in total. The number of unbranched alkanes of at least 4 members (excludes halogenated alkanes) is 1. The molecule has 160 valence electrons. The third-order valence-corrected chi connectivity index (χ3v) is 5.98. The topological polar surface area (TPSA) is 37.3 Å². The van der Waals surface area contributed by atoms with Gasteiger partial charge in [0.1, 0.15) is 5.82 Å². The summed E-state index contributed by atoms with van der Waals surface area (Å²) in [5.41, 5.74) is -0.442. The van der Waals surface area contributed by atoms with Crippen LogP contribution < -0.4 is 0 Å². The van der Waals surface area contributed by atoms with Gasteiger partial charge in [0.25, 0.3) is 0 Å². The van der Waals surface area contributed by atoms with Gasteiger partial charge in [-0.3, -0.25) is 0 Å². The molecule has 0 atom stereocenters. The Balaban J connectivity index is 1.97. The van der Waals surface area contributed by atoms with Gasteiger partial charge in [-0.1, -0.05) is 18.6 Å². The molecule has 0 radical (unpaired) electrons. The number of allylic oxidation sites excluding steroid dienone is 1. The molecule has 2 aromatic rings. The zero-order valence-corrected chi connectivity index (χ0v) is 16.6. The highest BCUT2D eigenvalue weighted by atomic mass is 19.2. The van der Waals surface area contributed by atoms with E-state index in [1.54, 1.807) is 0 Å². The lowest BCUT2D eigenvalue weighted by Crippen LogP contribution is -2.15. The summed E-state index contributed by atoms with van der Waals surface area (Å²) in [5, 5.41) is 9.27. The molecule has 1 aliphatic rings. The molecule has 0 spiro atoms. The molecule has 1 fully saturated rings. The van der Waals surface area contributed by atoms with Crippen LogP contribution in [-0.4, -0.2) is 11.1 Å². The van der Waals surface area contributed by atoms with Crippen molar-refractivity contribution in [2.24, 2.45) is 5.92 Å². The molecule has 0 amide bonds. The maximum absolute atomic E-state index is 15.1. The minimum Gasteiger partial charge on any atom is -0.478 e. The van der Waals surface area contributed by atoms with Gasteiger partial charge in [-0.15, -0.1) is 6.58 Å². The van der Waals surface area contributed by atoms with E-state index in [0.717, 1.165) is 44.9 Å². The van der Waals surface area contributed by atoms with Crippen molar-refractivity contribution >= 4 is 5.97 Å². The average Bonchev–Trinajstić information content (AvgIpc) is 2.72. The van der Waals surface area contributed by atoms with E-state index in [0.29, 0.717) is 23.6 Å². The zero-order chi connectivity index (χ0) is 21.8. The van der Waals surface area contributed by atoms with E-state index < -0.39 is 34.8 Å². The lowest BCUT2D eigenvalue weighted by Gasteiger charge is -2.30. The highest BCUT2D eigenvalue weighted by molar-refractivity contribution is 5.90. The van der Waals surface area contributed by atoms with Crippen molar-refractivity contribution in [1.82, 2.24) is 0 Å². The van der Waals surface area contributed by atoms with Crippen LogP contribution >= 0.6 is 0 Å². The molecule has 3 rings (SSSR count). The Bertz CT molecular complexity index is 923. The summed E-state index contributed by atoms with van der Waals surface area (Å²) in [6.45, 7) is 3.72. The predicted octanol–water partition coefficient (Wildman–Crippen LogP) is 7.24. The van der Waals surface area contributed by atoms with Crippen LogP contribution in [0.3, 0.4) is 0 Å². The number of rotatable bonds is 7. The van der Waals surface area contributed by atoms with E-state index in [-0.39, 0.29) is 17.0 Å². The highest BCUT2D eigenvalue weighted by Crippen LogP contribution is 2.43. The molecule has 0 aromatic heterocycles. The van der Waals surface area contributed by atoms with Gasteiger partial charge in [-0.25, -0.2) is 22.4 Å². The van der Waals surface area contributed by atoms with Crippen LogP contribution in [0.15, 0.2) is 36.9 Å². The highest BCUT2D eigenvalue weighted by Gasteiger charge is 2.28. The molecule has 0 heterocycles. The van der Waals surface area contributed by atoms with Gasteiger partial charge in [-0.05, 0) is 79.7 Å². The zero-order valence-electron chi connectivity index (χ0n) is 16.6. The number of carbonyl (C=O) groups is 1. The minimum absolute atomic E-state index is 0.0656. The largest absolute Gasteiger partial charge is 0.478 e. The minimum atomic E-state index is -1.64. The maximum Gasteiger partial charge on any atom is 0.338 e. The molecule has 2 nitrogen and oxygen atoms in total. The Hall–Kier alpha value is -2.63. The normalized spacial score (nSPS) is 18.9. The smallest absolute Gasteiger partial charge is 0.338 e. The summed E-state index contributed by atoms with van der Waals surface area (Å²) in [6.07, 6.45) is 8.44. The fourth-order valence-electron chi connectivity index (χ4n) is 4.40. The van der Waals surface area contributed by atoms with Gasteiger partial charge in [0.15, 0.2) is 17.5 Å². The SMILES string of the molecule is C=CCCCC1CCC(c2ccc(C(=O)O)c(F)c2-c2cc(F)c(F)c(F)c2)CC1. The first-order chi connectivity index (χ1) is 14.3. The lowest BCUT2D eigenvalue weighted by atomic mass is 9.75. The number of carboxylic acid groups (broad SMARTS) is 1. The van der Waals surface area contributed by atoms with Gasteiger partial charge in [-0.2, -0.15) is 0 Å². The molecular weight excluding hydrogens is 396 g/mol. The molecule has 6 heteroatoms. The van der Waals surface area contributed by atoms with Crippen molar-refractivity contribution < 1.29 is 27.5 Å². The third-order valence-electron chi connectivity index (χ3n) is 5.98. The molecule has 1 saturated carbocycles. The fourth-order valence-corrected chi connectivity index (χ4v) is 4.40. The van der Waals surface area contributed by atoms with E-state index in [1.807, 2.05) is 6.08 Å². The molecule has 0 saturated heterocycles. The molecular formula is C24H24F4O2. The van der Waals surface area contributed by atoms with Crippen LogP contribution in [0.2, 0.25) is 0 Å². The van der Waals surface area contributed by atoms with Crippen LogP contribution in [0.4, 0.5) is 17.6 Å². The van der Waals surface area contributed by atoms with Gasteiger partial charge in [0.2, 0.25) is 0 Å². The molecule has 0 bridgehead atoms. The summed E-state index contributed by atoms with van der Waals surface area (Å²) in [6, 6.07) is 4.13. The summed E-state index contributed by atoms with van der Waals surface area (Å²) in [4.78, 5) is 11.4. The molecule has 2 aromatic carbocycles. The Labute approximate surface area is 173 Å². The Kier molecular flexibility index (Phi) is 6.95. The molecule has 1 aliphatic carbocycles. The van der Waals surface area contributed by atoms with Crippen LogP contribution in [0.25, 0.3) is 11.1 Å². The third kappa shape index (κ3) is 4.58. The second-order valence-corrected chi connectivity index (χ2v) is 7.89. The number of halogens is 4. The van der Waals surface area contributed by atoms with Crippen molar-refractivity contribution in [1.29, 1.82) is 0 Å². The predicted molar refractivity (Wildman–Crippen MR) is 107 cm³/mol. The van der Waals surface area contributed by atoms with Gasteiger partial charge < -0.3 is 5.11 Å². The van der Waals surface area contributed by atoms with E-state index >= 15 is 4.39 Å². The molecule has 30 heavy (non-hydrogen) atoms. The Morgan fingerprint density at radius 1 is 1.03 bits per heavy atom. The van der Waals surface area contributed by atoms with E-state index in [2.05, 4.69) is 6.58 Å². The Morgan fingerprint density at radius 2 is 1.67 bits per heavy atom. The maximum atomic E-state index is 15.1. The number of aromatic carboxylic acids is 1. The summed E-state index contributed by atoms with van der Waals surface area (Å²) in [7, 11) is 0. The molecule has 0 unspecified atom stereocenters.